The molecule has 6 heteroatoms. The number of carbonyl (C=O) groups excluding carboxylic acids is 1. The van der Waals surface area contributed by atoms with Crippen LogP contribution in [0.25, 0.3) is 0 Å². The first-order valence-electron chi connectivity index (χ1n) is 5.75. The lowest BCUT2D eigenvalue weighted by Gasteiger charge is -2.04. The Morgan fingerprint density at radius 3 is 2.67 bits per heavy atom. The van der Waals surface area contributed by atoms with Gasteiger partial charge in [0.25, 0.3) is 0 Å². The van der Waals surface area contributed by atoms with Gasteiger partial charge in [-0.05, 0) is 37.1 Å². The number of amides is 1. The van der Waals surface area contributed by atoms with Gasteiger partial charge in [-0.1, -0.05) is 0 Å². The van der Waals surface area contributed by atoms with Crippen molar-refractivity contribution in [2.24, 2.45) is 10.7 Å². The fraction of sp³-hybridized carbons (Fsp3) is 0.333. The first-order chi connectivity index (χ1) is 8.63. The van der Waals surface area contributed by atoms with Crippen LogP contribution in [-0.2, 0) is 4.79 Å². The van der Waals surface area contributed by atoms with Crippen molar-refractivity contribution in [3.8, 4) is 0 Å². The topological polar surface area (TPSA) is 79.5 Å². The van der Waals surface area contributed by atoms with Gasteiger partial charge in [-0.15, -0.1) is 0 Å². The SMILES string of the molecule is NC(=NCC(=O)Nc1ccc(F)cc1)NC1CC1. The van der Waals surface area contributed by atoms with E-state index in [1.54, 1.807) is 0 Å². The highest BCUT2D eigenvalue weighted by molar-refractivity contribution is 5.93. The van der Waals surface area contributed by atoms with Gasteiger partial charge in [-0.2, -0.15) is 0 Å². The molecule has 1 saturated carbocycles. The predicted molar refractivity (Wildman–Crippen MR) is 67.7 cm³/mol. The molecule has 0 aliphatic heterocycles. The molecule has 5 nitrogen and oxygen atoms in total. The van der Waals surface area contributed by atoms with Crippen molar-refractivity contribution < 1.29 is 9.18 Å². The molecule has 0 spiro atoms. The lowest BCUT2D eigenvalue weighted by molar-refractivity contribution is -0.114. The quantitative estimate of drug-likeness (QED) is 0.547. The monoisotopic (exact) mass is 250 g/mol. The molecule has 18 heavy (non-hydrogen) atoms. The number of rotatable bonds is 4. The highest BCUT2D eigenvalue weighted by Crippen LogP contribution is 2.17. The second-order valence-electron chi connectivity index (χ2n) is 4.18. The van der Waals surface area contributed by atoms with Gasteiger partial charge in [-0.25, -0.2) is 9.38 Å². The minimum Gasteiger partial charge on any atom is -0.370 e. The highest BCUT2D eigenvalue weighted by atomic mass is 19.1. The van der Waals surface area contributed by atoms with Crippen molar-refractivity contribution in [3.63, 3.8) is 0 Å². The van der Waals surface area contributed by atoms with Crippen LogP contribution in [0.1, 0.15) is 12.8 Å². The van der Waals surface area contributed by atoms with E-state index in [0.29, 0.717) is 11.7 Å². The highest BCUT2D eigenvalue weighted by Gasteiger charge is 2.21. The fourth-order valence-corrected chi connectivity index (χ4v) is 1.37. The maximum absolute atomic E-state index is 12.6. The third-order valence-corrected chi connectivity index (χ3v) is 2.45. The Morgan fingerprint density at radius 2 is 2.06 bits per heavy atom. The largest absolute Gasteiger partial charge is 0.370 e. The van der Waals surface area contributed by atoms with E-state index in [-0.39, 0.29) is 24.2 Å². The van der Waals surface area contributed by atoms with Crippen molar-refractivity contribution in [3.05, 3.63) is 30.1 Å². The number of carbonyl (C=O) groups is 1. The van der Waals surface area contributed by atoms with E-state index in [9.17, 15) is 9.18 Å². The lowest BCUT2D eigenvalue weighted by atomic mass is 10.3. The van der Waals surface area contributed by atoms with E-state index in [1.807, 2.05) is 0 Å². The molecule has 0 unspecified atom stereocenters. The van der Waals surface area contributed by atoms with Crippen LogP contribution in [0.4, 0.5) is 10.1 Å². The van der Waals surface area contributed by atoms with Crippen LogP contribution in [0, 0.1) is 5.82 Å². The zero-order valence-corrected chi connectivity index (χ0v) is 9.82. The molecule has 0 aromatic heterocycles. The third-order valence-electron chi connectivity index (χ3n) is 2.45. The van der Waals surface area contributed by atoms with E-state index in [0.717, 1.165) is 12.8 Å². The molecular formula is C12H15FN4O. The molecule has 96 valence electrons. The standard InChI is InChI=1S/C12H15FN4O/c13-8-1-3-9(4-2-8)16-11(18)7-15-12(14)17-10-5-6-10/h1-4,10H,5-7H2,(H,16,18)(H3,14,15,17). The maximum atomic E-state index is 12.6. The van der Waals surface area contributed by atoms with E-state index < -0.39 is 0 Å². The molecule has 1 fully saturated rings. The maximum Gasteiger partial charge on any atom is 0.246 e. The van der Waals surface area contributed by atoms with E-state index in [2.05, 4.69) is 15.6 Å². The van der Waals surface area contributed by atoms with Gasteiger partial charge in [-0.3, -0.25) is 4.79 Å². The zero-order valence-electron chi connectivity index (χ0n) is 9.82. The van der Waals surface area contributed by atoms with Crippen molar-refractivity contribution in [2.75, 3.05) is 11.9 Å². The van der Waals surface area contributed by atoms with Gasteiger partial charge < -0.3 is 16.4 Å². The lowest BCUT2D eigenvalue weighted by Crippen LogP contribution is -2.34. The molecule has 1 aromatic rings. The van der Waals surface area contributed by atoms with Gasteiger partial charge in [0.1, 0.15) is 12.4 Å². The van der Waals surface area contributed by atoms with E-state index in [4.69, 9.17) is 5.73 Å². The predicted octanol–water partition coefficient (Wildman–Crippen LogP) is 0.831. The molecule has 0 heterocycles. The second-order valence-corrected chi connectivity index (χ2v) is 4.18. The van der Waals surface area contributed by atoms with Gasteiger partial charge in [0, 0.05) is 11.7 Å². The number of aliphatic imine (C=N–C) groups is 1. The summed E-state index contributed by atoms with van der Waals surface area (Å²) < 4.78 is 12.6. The third kappa shape index (κ3) is 4.04. The minimum absolute atomic E-state index is 0.0526. The first kappa shape index (κ1) is 12.3. The number of halogens is 1. The Balaban J connectivity index is 1.78. The molecular weight excluding hydrogens is 235 g/mol. The van der Waals surface area contributed by atoms with Crippen molar-refractivity contribution in [1.29, 1.82) is 0 Å². The summed E-state index contributed by atoms with van der Waals surface area (Å²) >= 11 is 0. The molecule has 1 aliphatic rings. The molecule has 2 rings (SSSR count). The van der Waals surface area contributed by atoms with Crippen molar-refractivity contribution in [2.45, 2.75) is 18.9 Å². The molecule has 1 amide bonds. The van der Waals surface area contributed by atoms with Gasteiger partial charge in [0.05, 0.1) is 0 Å². The van der Waals surface area contributed by atoms with E-state index >= 15 is 0 Å². The molecule has 0 saturated heterocycles. The number of guanidine groups is 1. The summed E-state index contributed by atoms with van der Waals surface area (Å²) in [6, 6.07) is 5.95. The summed E-state index contributed by atoms with van der Waals surface area (Å²) in [7, 11) is 0. The number of hydrogen-bond acceptors (Lipinski definition) is 2. The van der Waals surface area contributed by atoms with Crippen LogP contribution >= 0.6 is 0 Å². The number of nitrogens with zero attached hydrogens (tertiary/aromatic N) is 1. The van der Waals surface area contributed by atoms with Crippen LogP contribution in [0.15, 0.2) is 29.3 Å². The number of nitrogens with two attached hydrogens (primary N) is 1. The minimum atomic E-state index is -0.344. The molecule has 0 bridgehead atoms. The smallest absolute Gasteiger partial charge is 0.246 e. The van der Waals surface area contributed by atoms with Crippen LogP contribution in [-0.4, -0.2) is 24.5 Å². The number of nitrogens with one attached hydrogen (secondary N) is 2. The fourth-order valence-electron chi connectivity index (χ4n) is 1.37. The number of hydrogen-bond donors (Lipinski definition) is 3. The molecule has 0 atom stereocenters. The molecule has 1 aliphatic carbocycles. The summed E-state index contributed by atoms with van der Waals surface area (Å²) in [5.41, 5.74) is 6.12. The average Bonchev–Trinajstić information content (AvgIpc) is 3.13. The van der Waals surface area contributed by atoms with Gasteiger partial charge in [0.2, 0.25) is 5.91 Å². The van der Waals surface area contributed by atoms with Crippen molar-refractivity contribution in [1.82, 2.24) is 5.32 Å². The summed E-state index contributed by atoms with van der Waals surface area (Å²) in [5, 5.41) is 5.58. The van der Waals surface area contributed by atoms with Crippen LogP contribution in [0.5, 0.6) is 0 Å². The Kier molecular flexibility index (Phi) is 3.76. The van der Waals surface area contributed by atoms with Gasteiger partial charge in [0.15, 0.2) is 5.96 Å². The summed E-state index contributed by atoms with van der Waals surface area (Å²) in [6.45, 7) is -0.0526. The summed E-state index contributed by atoms with van der Waals surface area (Å²) in [6.07, 6.45) is 2.19. The van der Waals surface area contributed by atoms with Crippen LogP contribution < -0.4 is 16.4 Å². The average molecular weight is 250 g/mol. The molecule has 0 radical (unpaired) electrons. The zero-order chi connectivity index (χ0) is 13.0. The van der Waals surface area contributed by atoms with Crippen LogP contribution in [0.2, 0.25) is 0 Å². The van der Waals surface area contributed by atoms with Gasteiger partial charge >= 0.3 is 0 Å². The Hall–Kier alpha value is -2.11. The van der Waals surface area contributed by atoms with Crippen LogP contribution in [0.3, 0.4) is 0 Å². The van der Waals surface area contributed by atoms with Crippen molar-refractivity contribution >= 4 is 17.6 Å². The normalized spacial score (nSPS) is 15.3. The molecule has 4 N–H and O–H groups in total. The molecule has 1 aromatic carbocycles. The number of anilines is 1. The first-order valence-corrected chi connectivity index (χ1v) is 5.75. The summed E-state index contributed by atoms with van der Waals surface area (Å²) in [5.74, 6) is -0.349. The Labute approximate surface area is 104 Å². The Morgan fingerprint density at radius 1 is 1.39 bits per heavy atom. The second kappa shape index (κ2) is 5.48. The Bertz CT molecular complexity index is 454. The van der Waals surface area contributed by atoms with E-state index in [1.165, 1.54) is 24.3 Å². The number of benzene rings is 1. The summed E-state index contributed by atoms with van der Waals surface area (Å²) in [4.78, 5) is 15.4.